The van der Waals surface area contributed by atoms with Crippen LogP contribution in [0.4, 0.5) is 0 Å². The number of nitrogens with zero attached hydrogens (tertiary/aromatic N) is 4. The summed E-state index contributed by atoms with van der Waals surface area (Å²) < 4.78 is 3.40. The molecule has 2 heterocycles. The summed E-state index contributed by atoms with van der Waals surface area (Å²) in [5, 5.41) is 19.8. The van der Waals surface area contributed by atoms with Crippen LogP contribution >= 0.6 is 38.5 Å². The van der Waals surface area contributed by atoms with E-state index in [9.17, 15) is 5.21 Å². The number of aromatic nitrogens is 4. The van der Waals surface area contributed by atoms with Gasteiger partial charge >= 0.3 is 0 Å². The predicted molar refractivity (Wildman–Crippen MR) is 69.9 cm³/mol. The minimum atomic E-state index is 0.503. The van der Waals surface area contributed by atoms with Gasteiger partial charge in [-0.2, -0.15) is 5.10 Å². The second-order valence-electron chi connectivity index (χ2n) is 3.23. The van der Waals surface area contributed by atoms with E-state index in [1.165, 1.54) is 0 Å². The van der Waals surface area contributed by atoms with Gasteiger partial charge in [-0.15, -0.1) is 0 Å². The molecule has 0 bridgehead atoms. The van der Waals surface area contributed by atoms with E-state index in [1.54, 1.807) is 16.8 Å². The average molecular weight is 391 g/mol. The number of rotatable bonds is 0. The molecule has 5 nitrogen and oxygen atoms in total. The Balaban J connectivity index is 2.62. The van der Waals surface area contributed by atoms with Crippen LogP contribution in [0.25, 0.3) is 16.7 Å². The molecule has 0 saturated carbocycles. The molecule has 0 spiro atoms. The second kappa shape index (κ2) is 3.52. The number of hydrogen-bond acceptors (Lipinski definition) is 3. The molecule has 2 aromatic heterocycles. The molecule has 1 aromatic carbocycles. The Labute approximate surface area is 112 Å². The normalized spacial score (nSPS) is 11.4. The molecule has 0 aliphatic carbocycles. The zero-order valence-electron chi connectivity index (χ0n) is 7.76. The molecule has 0 radical (unpaired) electrons. The van der Waals surface area contributed by atoms with Gasteiger partial charge in [-0.3, -0.25) is 0 Å². The molecule has 0 unspecified atom stereocenters. The lowest BCUT2D eigenvalue weighted by molar-refractivity contribution is -0.640. The molecule has 3 rings (SSSR count). The van der Waals surface area contributed by atoms with Gasteiger partial charge < -0.3 is 5.21 Å². The fourth-order valence-corrected chi connectivity index (χ4v) is 2.37. The maximum atomic E-state index is 11.7. The third-order valence-corrected chi connectivity index (χ3v) is 3.49. The topological polar surface area (TPSA) is 57.1 Å². The van der Waals surface area contributed by atoms with Crippen LogP contribution in [0.3, 0.4) is 0 Å². The molecule has 0 fully saturated rings. The predicted octanol–water partition coefficient (Wildman–Crippen LogP) is 1.88. The van der Waals surface area contributed by atoms with Gasteiger partial charge in [-0.1, -0.05) is 0 Å². The van der Waals surface area contributed by atoms with Gasteiger partial charge in [0, 0.05) is 14.7 Å². The van der Waals surface area contributed by atoms with E-state index in [-0.39, 0.29) is 0 Å². The van der Waals surface area contributed by atoms with Crippen LogP contribution in [0, 0.1) is 8.78 Å². The van der Waals surface area contributed by atoms with Crippen LogP contribution in [0.15, 0.2) is 28.9 Å². The van der Waals surface area contributed by atoms with E-state index in [4.69, 9.17) is 0 Å². The molecule has 0 amide bonds. The van der Waals surface area contributed by atoms with Gasteiger partial charge in [-0.05, 0) is 55.5 Å². The van der Waals surface area contributed by atoms with Gasteiger partial charge in [0.1, 0.15) is 5.52 Å². The maximum Gasteiger partial charge on any atom is 0.270 e. The Morgan fingerprint density at radius 1 is 1.44 bits per heavy atom. The van der Waals surface area contributed by atoms with Crippen LogP contribution in [-0.2, 0) is 0 Å². The van der Waals surface area contributed by atoms with Crippen LogP contribution in [0.5, 0.6) is 0 Å². The molecule has 16 heavy (non-hydrogen) atoms. The zero-order chi connectivity index (χ0) is 11.3. The molecule has 0 aliphatic rings. The van der Waals surface area contributed by atoms with Crippen molar-refractivity contribution in [3.8, 4) is 0 Å². The lowest BCUT2D eigenvalue weighted by Gasteiger charge is -2.01. The summed E-state index contributed by atoms with van der Waals surface area (Å²) in [6.45, 7) is 0. The molecule has 0 N–H and O–H groups in total. The Morgan fingerprint density at radius 3 is 3.06 bits per heavy atom. The molecular formula is C9H4BrIN4O. The van der Waals surface area contributed by atoms with Crippen LogP contribution < -0.4 is 4.85 Å². The summed E-state index contributed by atoms with van der Waals surface area (Å²) >= 11 is 5.50. The SMILES string of the molecule is [O-][n+]1nc2c(Br)cnn2c2cc(I)ccc21. The van der Waals surface area contributed by atoms with Gasteiger partial charge in [-0.25, -0.2) is 4.52 Å². The Kier molecular flexibility index (Phi) is 2.25. The van der Waals surface area contributed by atoms with Crippen molar-refractivity contribution in [1.29, 1.82) is 0 Å². The lowest BCUT2D eigenvalue weighted by Crippen LogP contribution is -2.33. The first-order chi connectivity index (χ1) is 7.66. The fourth-order valence-electron chi connectivity index (χ4n) is 1.56. The van der Waals surface area contributed by atoms with Crippen LogP contribution in [0.2, 0.25) is 0 Å². The Morgan fingerprint density at radius 2 is 2.25 bits per heavy atom. The van der Waals surface area contributed by atoms with Gasteiger partial charge in [0.2, 0.25) is 5.65 Å². The summed E-state index contributed by atoms with van der Waals surface area (Å²) in [6.07, 6.45) is 1.63. The molecule has 0 saturated heterocycles. The summed E-state index contributed by atoms with van der Waals surface area (Å²) in [5.41, 5.74) is 1.77. The second-order valence-corrected chi connectivity index (χ2v) is 5.33. The van der Waals surface area contributed by atoms with Crippen molar-refractivity contribution < 1.29 is 4.85 Å². The summed E-state index contributed by atoms with van der Waals surface area (Å²) in [7, 11) is 0. The quantitative estimate of drug-likeness (QED) is 0.334. The summed E-state index contributed by atoms with van der Waals surface area (Å²) in [6, 6.07) is 5.51. The minimum absolute atomic E-state index is 0.503. The third kappa shape index (κ3) is 1.38. The Hall–Kier alpha value is -0.960. The lowest BCUT2D eigenvalue weighted by atomic mass is 10.3. The Bertz CT molecular complexity index is 711. The number of halogens is 2. The van der Waals surface area contributed by atoms with E-state index in [0.717, 1.165) is 9.09 Å². The highest BCUT2D eigenvalue weighted by molar-refractivity contribution is 14.1. The van der Waals surface area contributed by atoms with Gasteiger partial charge in [0.05, 0.1) is 10.7 Å². The van der Waals surface area contributed by atoms with Crippen LogP contribution in [-0.4, -0.2) is 14.7 Å². The first kappa shape index (κ1) is 10.2. The molecular weight excluding hydrogens is 387 g/mol. The average Bonchev–Trinajstić information content (AvgIpc) is 2.61. The highest BCUT2D eigenvalue weighted by Gasteiger charge is 2.14. The van der Waals surface area contributed by atoms with Gasteiger partial charge in [0.25, 0.3) is 5.52 Å². The smallest absolute Gasteiger partial charge is 0.270 e. The highest BCUT2D eigenvalue weighted by atomic mass is 127. The van der Waals surface area contributed by atoms with Crippen molar-refractivity contribution in [2.24, 2.45) is 0 Å². The van der Waals surface area contributed by atoms with Crippen LogP contribution in [0.1, 0.15) is 0 Å². The van der Waals surface area contributed by atoms with Crippen molar-refractivity contribution >= 4 is 55.2 Å². The van der Waals surface area contributed by atoms with E-state index < -0.39 is 0 Å². The minimum Gasteiger partial charge on any atom is -0.594 e. The largest absolute Gasteiger partial charge is 0.594 e. The van der Waals surface area contributed by atoms with Gasteiger partial charge in [0.15, 0.2) is 0 Å². The summed E-state index contributed by atoms with van der Waals surface area (Å²) in [4.78, 5) is 0.618. The monoisotopic (exact) mass is 390 g/mol. The van der Waals surface area contributed by atoms with Crippen molar-refractivity contribution in [2.75, 3.05) is 0 Å². The molecule has 3 aromatic rings. The van der Waals surface area contributed by atoms with Crippen molar-refractivity contribution in [2.45, 2.75) is 0 Å². The standard InChI is InChI=1S/C9H4BrIN4O/c10-6-4-12-14-8-3-5(11)1-2-7(8)15(16)13-9(6)14/h1-4H. The highest BCUT2D eigenvalue weighted by Crippen LogP contribution is 2.19. The first-order valence-electron chi connectivity index (χ1n) is 4.39. The summed E-state index contributed by atoms with van der Waals surface area (Å²) in [5.74, 6) is 0. The molecule has 80 valence electrons. The number of hydrogen-bond donors (Lipinski definition) is 0. The van der Waals surface area contributed by atoms with E-state index in [0.29, 0.717) is 20.5 Å². The van der Waals surface area contributed by atoms with E-state index >= 15 is 0 Å². The maximum absolute atomic E-state index is 11.7. The van der Waals surface area contributed by atoms with E-state index in [1.807, 2.05) is 12.1 Å². The third-order valence-electron chi connectivity index (χ3n) is 2.26. The molecule has 0 atom stereocenters. The van der Waals surface area contributed by atoms with Crippen molar-refractivity contribution in [1.82, 2.24) is 14.7 Å². The number of fused-ring (bicyclic) bond motifs is 3. The number of benzene rings is 1. The molecule has 7 heteroatoms. The fraction of sp³-hybridized carbons (Fsp3) is 0. The first-order valence-corrected chi connectivity index (χ1v) is 6.26. The zero-order valence-corrected chi connectivity index (χ0v) is 11.5. The van der Waals surface area contributed by atoms with E-state index in [2.05, 4.69) is 48.7 Å². The van der Waals surface area contributed by atoms with Crippen molar-refractivity contribution in [3.63, 3.8) is 0 Å². The molecule has 0 aliphatic heterocycles. The van der Waals surface area contributed by atoms with Crippen molar-refractivity contribution in [3.05, 3.63) is 37.6 Å².